The molecule has 0 fully saturated rings. The summed E-state index contributed by atoms with van der Waals surface area (Å²) in [6, 6.07) is 1.73. The van der Waals surface area contributed by atoms with Crippen LogP contribution in [0, 0.1) is 0 Å². The van der Waals surface area contributed by atoms with Crippen molar-refractivity contribution in [3.63, 3.8) is 0 Å². The Balaban J connectivity index is 2.76. The summed E-state index contributed by atoms with van der Waals surface area (Å²) in [5.74, 6) is 1.07. The highest BCUT2D eigenvalue weighted by atomic mass is 35.5. The van der Waals surface area contributed by atoms with E-state index in [1.165, 1.54) is 4.57 Å². The highest BCUT2D eigenvalue weighted by Crippen LogP contribution is 1.95. The first kappa shape index (κ1) is 9.06. The molecule has 0 aliphatic carbocycles. The maximum absolute atomic E-state index is 11.0. The second-order valence-electron chi connectivity index (χ2n) is 2.32. The normalized spacial score (nSPS) is 9.83. The van der Waals surface area contributed by atoms with E-state index in [-0.39, 0.29) is 5.69 Å². The predicted molar refractivity (Wildman–Crippen MR) is 48.7 cm³/mol. The van der Waals surface area contributed by atoms with E-state index in [0.717, 1.165) is 0 Å². The summed E-state index contributed by atoms with van der Waals surface area (Å²) in [5.41, 5.74) is -0.269. The van der Waals surface area contributed by atoms with Crippen LogP contribution >= 0.6 is 11.6 Å². The van der Waals surface area contributed by atoms with Crippen molar-refractivity contribution in [1.29, 1.82) is 0 Å². The maximum atomic E-state index is 11.0. The van der Waals surface area contributed by atoms with Gasteiger partial charge in [0.2, 0.25) is 0 Å². The van der Waals surface area contributed by atoms with Gasteiger partial charge in [-0.3, -0.25) is 0 Å². The molecule has 5 heteroatoms. The number of halogens is 1. The van der Waals surface area contributed by atoms with Crippen LogP contribution in [0.1, 0.15) is 0 Å². The lowest BCUT2D eigenvalue weighted by atomic mass is 10.5. The summed E-state index contributed by atoms with van der Waals surface area (Å²) < 4.78 is 1.41. The number of hydrogen-bond donors (Lipinski definition) is 1. The zero-order chi connectivity index (χ0) is 8.97. The molecule has 0 amide bonds. The van der Waals surface area contributed by atoms with Crippen molar-refractivity contribution in [3.8, 4) is 0 Å². The van der Waals surface area contributed by atoms with Crippen molar-refractivity contribution >= 4 is 17.4 Å². The number of hydrogen-bond acceptors (Lipinski definition) is 3. The van der Waals surface area contributed by atoms with Crippen LogP contribution in [0.4, 0.5) is 5.82 Å². The summed E-state index contributed by atoms with van der Waals surface area (Å²) in [6.45, 7) is 0.613. The van der Waals surface area contributed by atoms with Crippen LogP contribution in [0.25, 0.3) is 0 Å². The van der Waals surface area contributed by atoms with Crippen molar-refractivity contribution in [3.05, 3.63) is 22.7 Å². The molecule has 12 heavy (non-hydrogen) atoms. The minimum Gasteiger partial charge on any atom is -0.369 e. The smallest absolute Gasteiger partial charge is 0.349 e. The van der Waals surface area contributed by atoms with Crippen LogP contribution in [0.5, 0.6) is 0 Å². The summed E-state index contributed by atoms with van der Waals surface area (Å²) in [6.07, 6.45) is 1.66. The van der Waals surface area contributed by atoms with E-state index in [1.807, 2.05) is 0 Å². The second kappa shape index (κ2) is 4.11. The predicted octanol–water partition coefficient (Wildman–Crippen LogP) is 0.431. The van der Waals surface area contributed by atoms with Gasteiger partial charge >= 0.3 is 5.69 Å². The van der Waals surface area contributed by atoms with Gasteiger partial charge in [-0.1, -0.05) is 0 Å². The zero-order valence-corrected chi connectivity index (χ0v) is 7.51. The van der Waals surface area contributed by atoms with Crippen molar-refractivity contribution in [2.24, 2.45) is 7.05 Å². The molecule has 0 saturated carbocycles. The lowest BCUT2D eigenvalue weighted by molar-refractivity contribution is 0.811. The fourth-order valence-electron chi connectivity index (χ4n) is 0.739. The third-order valence-electron chi connectivity index (χ3n) is 1.37. The van der Waals surface area contributed by atoms with E-state index in [9.17, 15) is 4.79 Å². The Labute approximate surface area is 75.2 Å². The standard InChI is InChI=1S/C7H10ClN3O/c1-11-5-2-6(9-4-3-8)10-7(11)12/h2,5H,3-4H2,1H3,(H,9,10,12). The Bertz CT molecular complexity index is 310. The quantitative estimate of drug-likeness (QED) is 0.699. The van der Waals surface area contributed by atoms with Gasteiger partial charge in [-0.05, 0) is 6.07 Å². The van der Waals surface area contributed by atoms with E-state index in [1.54, 1.807) is 19.3 Å². The van der Waals surface area contributed by atoms with E-state index in [4.69, 9.17) is 11.6 Å². The van der Waals surface area contributed by atoms with Gasteiger partial charge in [-0.15, -0.1) is 11.6 Å². The Hall–Kier alpha value is -1.03. The number of nitrogens with zero attached hydrogens (tertiary/aromatic N) is 2. The largest absolute Gasteiger partial charge is 0.369 e. The molecule has 0 radical (unpaired) electrons. The van der Waals surface area contributed by atoms with Gasteiger partial charge in [0.25, 0.3) is 0 Å². The Morgan fingerprint density at radius 1 is 1.75 bits per heavy atom. The summed E-state index contributed by atoms with van der Waals surface area (Å²) in [4.78, 5) is 14.7. The third kappa shape index (κ3) is 2.23. The molecule has 1 N–H and O–H groups in total. The van der Waals surface area contributed by atoms with E-state index in [0.29, 0.717) is 18.2 Å². The molecule has 0 bridgehead atoms. The summed E-state index contributed by atoms with van der Waals surface area (Å²) in [5, 5.41) is 2.91. The van der Waals surface area contributed by atoms with Crippen molar-refractivity contribution in [2.45, 2.75) is 0 Å². The number of rotatable bonds is 3. The number of alkyl halides is 1. The van der Waals surface area contributed by atoms with Crippen LogP contribution < -0.4 is 11.0 Å². The first-order valence-corrected chi connectivity index (χ1v) is 4.11. The third-order valence-corrected chi connectivity index (χ3v) is 1.56. The molecule has 1 rings (SSSR count). The minimum absolute atomic E-state index is 0.269. The van der Waals surface area contributed by atoms with Gasteiger partial charge in [0, 0.05) is 25.7 Å². The Morgan fingerprint density at radius 2 is 2.50 bits per heavy atom. The van der Waals surface area contributed by atoms with E-state index < -0.39 is 0 Å². The molecule has 4 nitrogen and oxygen atoms in total. The van der Waals surface area contributed by atoms with Gasteiger partial charge in [0.15, 0.2) is 0 Å². The van der Waals surface area contributed by atoms with Gasteiger partial charge in [0.05, 0.1) is 0 Å². The first-order chi connectivity index (χ1) is 5.74. The lowest BCUT2D eigenvalue weighted by Crippen LogP contribution is -2.20. The van der Waals surface area contributed by atoms with Crippen LogP contribution in [-0.2, 0) is 7.05 Å². The molecule has 1 aromatic heterocycles. The molecule has 0 aliphatic heterocycles. The fourth-order valence-corrected chi connectivity index (χ4v) is 0.834. The minimum atomic E-state index is -0.269. The fraction of sp³-hybridized carbons (Fsp3) is 0.429. The summed E-state index contributed by atoms with van der Waals surface area (Å²) in [7, 11) is 1.65. The SMILES string of the molecule is Cn1ccc(NCCCl)nc1=O. The summed E-state index contributed by atoms with van der Waals surface area (Å²) >= 11 is 5.45. The van der Waals surface area contributed by atoms with Crippen molar-refractivity contribution in [2.75, 3.05) is 17.7 Å². The molecular formula is C7H10ClN3O. The molecule has 0 spiro atoms. The van der Waals surface area contributed by atoms with Gasteiger partial charge in [-0.25, -0.2) is 4.79 Å². The molecule has 0 unspecified atom stereocenters. The average molecular weight is 188 g/mol. The van der Waals surface area contributed by atoms with Crippen LogP contribution in [0.2, 0.25) is 0 Å². The molecule has 1 heterocycles. The van der Waals surface area contributed by atoms with Gasteiger partial charge < -0.3 is 9.88 Å². The van der Waals surface area contributed by atoms with Crippen molar-refractivity contribution in [1.82, 2.24) is 9.55 Å². The highest BCUT2D eigenvalue weighted by Gasteiger charge is 1.94. The van der Waals surface area contributed by atoms with Crippen LogP contribution in [0.15, 0.2) is 17.1 Å². The van der Waals surface area contributed by atoms with Crippen LogP contribution in [-0.4, -0.2) is 22.0 Å². The van der Waals surface area contributed by atoms with Gasteiger partial charge in [-0.2, -0.15) is 4.98 Å². The molecular weight excluding hydrogens is 178 g/mol. The maximum Gasteiger partial charge on any atom is 0.349 e. The Kier molecular flexibility index (Phi) is 3.10. The number of aromatic nitrogens is 2. The van der Waals surface area contributed by atoms with Crippen molar-refractivity contribution < 1.29 is 0 Å². The van der Waals surface area contributed by atoms with Crippen LogP contribution in [0.3, 0.4) is 0 Å². The lowest BCUT2D eigenvalue weighted by Gasteiger charge is -2.02. The van der Waals surface area contributed by atoms with Gasteiger partial charge in [0.1, 0.15) is 5.82 Å². The zero-order valence-electron chi connectivity index (χ0n) is 6.75. The number of nitrogens with one attached hydrogen (secondary N) is 1. The highest BCUT2D eigenvalue weighted by molar-refractivity contribution is 6.18. The number of aryl methyl sites for hydroxylation is 1. The molecule has 0 aliphatic rings. The van der Waals surface area contributed by atoms with E-state index in [2.05, 4.69) is 10.3 Å². The molecule has 66 valence electrons. The van der Waals surface area contributed by atoms with E-state index >= 15 is 0 Å². The molecule has 1 aromatic rings. The Morgan fingerprint density at radius 3 is 3.08 bits per heavy atom. The topological polar surface area (TPSA) is 46.9 Å². The molecule has 0 atom stereocenters. The average Bonchev–Trinajstić information content (AvgIpc) is 2.07. The molecule has 0 aromatic carbocycles. The first-order valence-electron chi connectivity index (χ1n) is 3.57. The molecule has 0 saturated heterocycles. The monoisotopic (exact) mass is 187 g/mol. The number of anilines is 1. The second-order valence-corrected chi connectivity index (χ2v) is 2.70.